The number of aryl methyl sites for hydroxylation is 1. The van der Waals surface area contributed by atoms with E-state index in [1.54, 1.807) is 12.1 Å². The van der Waals surface area contributed by atoms with Crippen molar-refractivity contribution in [1.82, 2.24) is 4.31 Å². The number of aromatic hydroxyl groups is 1. The molecular formula is C14H20N2O4S. The summed E-state index contributed by atoms with van der Waals surface area (Å²) in [6.45, 7) is 2.57. The third kappa shape index (κ3) is 3.95. The number of piperidine rings is 1. The van der Waals surface area contributed by atoms with Crippen LogP contribution in [0.15, 0.2) is 18.2 Å². The Labute approximate surface area is 124 Å². The fourth-order valence-electron chi connectivity index (χ4n) is 2.43. The van der Waals surface area contributed by atoms with E-state index in [0.717, 1.165) is 5.56 Å². The normalized spacial score (nSPS) is 17.6. The van der Waals surface area contributed by atoms with Crippen LogP contribution in [0.5, 0.6) is 5.75 Å². The Morgan fingerprint density at radius 2 is 1.95 bits per heavy atom. The van der Waals surface area contributed by atoms with Gasteiger partial charge in [-0.2, -0.15) is 0 Å². The molecule has 1 saturated heterocycles. The molecule has 7 heteroatoms. The summed E-state index contributed by atoms with van der Waals surface area (Å²) in [7, 11) is -3.18. The largest absolute Gasteiger partial charge is 0.506 e. The molecule has 21 heavy (non-hydrogen) atoms. The van der Waals surface area contributed by atoms with E-state index in [-0.39, 0.29) is 17.6 Å². The van der Waals surface area contributed by atoms with Crippen LogP contribution in [-0.4, -0.2) is 43.1 Å². The number of rotatable bonds is 3. The fraction of sp³-hybridized carbons (Fsp3) is 0.500. The first-order chi connectivity index (χ1) is 9.77. The molecule has 2 N–H and O–H groups in total. The number of anilines is 1. The van der Waals surface area contributed by atoms with Gasteiger partial charge in [-0.3, -0.25) is 4.79 Å². The number of benzene rings is 1. The van der Waals surface area contributed by atoms with Crippen LogP contribution in [0.2, 0.25) is 0 Å². The number of hydrogen-bond donors (Lipinski definition) is 2. The molecule has 0 spiro atoms. The Balaban J connectivity index is 1.96. The number of carbonyl (C=O) groups excluding carboxylic acids is 1. The Kier molecular flexibility index (Phi) is 4.53. The maximum Gasteiger partial charge on any atom is 0.227 e. The molecule has 6 nitrogen and oxygen atoms in total. The second-order valence-corrected chi connectivity index (χ2v) is 7.43. The van der Waals surface area contributed by atoms with E-state index < -0.39 is 10.0 Å². The van der Waals surface area contributed by atoms with Crippen molar-refractivity contribution in [3.63, 3.8) is 0 Å². The average Bonchev–Trinajstić information content (AvgIpc) is 2.41. The maximum absolute atomic E-state index is 12.2. The van der Waals surface area contributed by atoms with Crippen molar-refractivity contribution in [2.75, 3.05) is 24.7 Å². The van der Waals surface area contributed by atoms with Gasteiger partial charge in [-0.25, -0.2) is 12.7 Å². The molecule has 1 aromatic carbocycles. The van der Waals surface area contributed by atoms with E-state index in [2.05, 4.69) is 5.32 Å². The first-order valence-electron chi connectivity index (χ1n) is 6.83. The lowest BCUT2D eigenvalue weighted by molar-refractivity contribution is -0.120. The molecule has 1 heterocycles. The molecule has 1 aliphatic rings. The number of hydrogen-bond acceptors (Lipinski definition) is 4. The zero-order valence-corrected chi connectivity index (χ0v) is 13.0. The lowest BCUT2D eigenvalue weighted by atomic mass is 9.97. The summed E-state index contributed by atoms with van der Waals surface area (Å²) in [5.74, 6) is -0.372. The lowest BCUT2D eigenvalue weighted by Gasteiger charge is -2.29. The summed E-state index contributed by atoms with van der Waals surface area (Å²) in [6, 6.07) is 5.05. The summed E-state index contributed by atoms with van der Waals surface area (Å²) in [5, 5.41) is 12.5. The summed E-state index contributed by atoms with van der Waals surface area (Å²) in [5.41, 5.74) is 1.29. The van der Waals surface area contributed by atoms with Gasteiger partial charge < -0.3 is 10.4 Å². The van der Waals surface area contributed by atoms with E-state index >= 15 is 0 Å². The Bertz CT molecular complexity index is 634. The third-order valence-electron chi connectivity index (χ3n) is 3.70. The van der Waals surface area contributed by atoms with Crippen LogP contribution < -0.4 is 5.32 Å². The highest BCUT2D eigenvalue weighted by atomic mass is 32.2. The fourth-order valence-corrected chi connectivity index (χ4v) is 3.31. The van der Waals surface area contributed by atoms with Crippen LogP contribution in [0.4, 0.5) is 5.69 Å². The third-order valence-corrected chi connectivity index (χ3v) is 5.01. The van der Waals surface area contributed by atoms with E-state index in [0.29, 0.717) is 31.6 Å². The number of sulfonamides is 1. The van der Waals surface area contributed by atoms with Gasteiger partial charge in [0, 0.05) is 19.0 Å². The minimum absolute atomic E-state index is 0.0388. The summed E-state index contributed by atoms with van der Waals surface area (Å²) in [6.07, 6.45) is 2.16. The smallest absolute Gasteiger partial charge is 0.227 e. The predicted octanol–water partition coefficient (Wildman–Crippen LogP) is 1.31. The summed E-state index contributed by atoms with van der Waals surface area (Å²) < 4.78 is 24.2. The number of nitrogens with zero attached hydrogens (tertiary/aromatic N) is 1. The van der Waals surface area contributed by atoms with Crippen LogP contribution in [0.3, 0.4) is 0 Å². The SMILES string of the molecule is Cc1ccc(NC(=O)C2CCN(S(C)(=O)=O)CC2)c(O)c1. The lowest BCUT2D eigenvalue weighted by Crippen LogP contribution is -2.40. The molecule has 1 fully saturated rings. The van der Waals surface area contributed by atoms with E-state index in [1.807, 2.05) is 13.0 Å². The van der Waals surface area contributed by atoms with Gasteiger partial charge in [0.25, 0.3) is 0 Å². The monoisotopic (exact) mass is 312 g/mol. The molecule has 1 aromatic rings. The second kappa shape index (κ2) is 6.03. The van der Waals surface area contributed by atoms with Gasteiger partial charge in [0.05, 0.1) is 11.9 Å². The molecule has 1 amide bonds. The summed E-state index contributed by atoms with van der Waals surface area (Å²) in [4.78, 5) is 12.2. The van der Waals surface area contributed by atoms with Crippen LogP contribution in [-0.2, 0) is 14.8 Å². The molecule has 0 radical (unpaired) electrons. The first kappa shape index (κ1) is 15.8. The molecule has 0 aliphatic carbocycles. The Morgan fingerprint density at radius 3 is 2.48 bits per heavy atom. The van der Waals surface area contributed by atoms with Crippen molar-refractivity contribution in [2.24, 2.45) is 5.92 Å². The quantitative estimate of drug-likeness (QED) is 0.824. The molecule has 0 aromatic heterocycles. The summed E-state index contributed by atoms with van der Waals surface area (Å²) >= 11 is 0. The number of nitrogens with one attached hydrogen (secondary N) is 1. The van der Waals surface area contributed by atoms with Crippen LogP contribution >= 0.6 is 0 Å². The Morgan fingerprint density at radius 1 is 1.33 bits per heavy atom. The molecule has 0 unspecified atom stereocenters. The molecular weight excluding hydrogens is 292 g/mol. The predicted molar refractivity (Wildman–Crippen MR) is 80.6 cm³/mol. The van der Waals surface area contributed by atoms with Gasteiger partial charge in [-0.15, -0.1) is 0 Å². The molecule has 0 atom stereocenters. The highest BCUT2D eigenvalue weighted by molar-refractivity contribution is 7.88. The number of phenolic OH excluding ortho intramolecular Hbond substituents is 1. The first-order valence-corrected chi connectivity index (χ1v) is 8.68. The van der Waals surface area contributed by atoms with Crippen LogP contribution in [0.25, 0.3) is 0 Å². The van der Waals surface area contributed by atoms with E-state index in [1.165, 1.54) is 10.6 Å². The molecule has 0 saturated carbocycles. The van der Waals surface area contributed by atoms with Crippen molar-refractivity contribution < 1.29 is 18.3 Å². The van der Waals surface area contributed by atoms with Crippen LogP contribution in [0.1, 0.15) is 18.4 Å². The molecule has 0 bridgehead atoms. The molecule has 116 valence electrons. The Hall–Kier alpha value is -1.60. The van der Waals surface area contributed by atoms with E-state index in [9.17, 15) is 18.3 Å². The van der Waals surface area contributed by atoms with Crippen molar-refractivity contribution in [3.05, 3.63) is 23.8 Å². The highest BCUT2D eigenvalue weighted by Gasteiger charge is 2.29. The second-order valence-electron chi connectivity index (χ2n) is 5.45. The van der Waals surface area contributed by atoms with Gasteiger partial charge in [0.1, 0.15) is 5.75 Å². The average molecular weight is 312 g/mol. The van der Waals surface area contributed by atoms with E-state index in [4.69, 9.17) is 0 Å². The van der Waals surface area contributed by atoms with Gasteiger partial charge in [-0.05, 0) is 37.5 Å². The van der Waals surface area contributed by atoms with Crippen LogP contribution in [0, 0.1) is 12.8 Å². The standard InChI is InChI=1S/C14H20N2O4S/c1-10-3-4-12(13(17)9-10)15-14(18)11-5-7-16(8-6-11)21(2,19)20/h3-4,9,11,17H,5-8H2,1-2H3,(H,15,18). The zero-order chi connectivity index (χ0) is 15.6. The number of phenols is 1. The van der Waals surface area contributed by atoms with Gasteiger partial charge in [0.15, 0.2) is 0 Å². The van der Waals surface area contributed by atoms with Crippen molar-refractivity contribution in [3.8, 4) is 5.75 Å². The van der Waals surface area contributed by atoms with Gasteiger partial charge in [-0.1, -0.05) is 6.07 Å². The maximum atomic E-state index is 12.2. The minimum atomic E-state index is -3.18. The topological polar surface area (TPSA) is 86.7 Å². The van der Waals surface area contributed by atoms with Gasteiger partial charge >= 0.3 is 0 Å². The van der Waals surface area contributed by atoms with Crippen molar-refractivity contribution >= 4 is 21.6 Å². The molecule has 1 aliphatic heterocycles. The zero-order valence-electron chi connectivity index (χ0n) is 12.2. The van der Waals surface area contributed by atoms with Gasteiger partial charge in [0.2, 0.25) is 15.9 Å². The number of amides is 1. The van der Waals surface area contributed by atoms with Crippen molar-refractivity contribution in [1.29, 1.82) is 0 Å². The highest BCUT2D eigenvalue weighted by Crippen LogP contribution is 2.26. The molecule has 2 rings (SSSR count). The van der Waals surface area contributed by atoms with Crippen molar-refractivity contribution in [2.45, 2.75) is 19.8 Å². The number of carbonyl (C=O) groups is 1. The minimum Gasteiger partial charge on any atom is -0.506 e.